The quantitative estimate of drug-likeness (QED) is 0.191. The molecule has 1 aliphatic rings. The predicted octanol–water partition coefficient (Wildman–Crippen LogP) is 5.42. The summed E-state index contributed by atoms with van der Waals surface area (Å²) in [6.45, 7) is 2.72. The smallest absolute Gasteiger partial charge is 0.264 e. The Labute approximate surface area is 236 Å². The van der Waals surface area contributed by atoms with Crippen LogP contribution in [0.4, 0.5) is 14.5 Å². The zero-order chi connectivity index (χ0) is 29.3. The van der Waals surface area contributed by atoms with Crippen LogP contribution in [0.3, 0.4) is 0 Å². The maximum atomic E-state index is 14.6. The van der Waals surface area contributed by atoms with E-state index in [1.807, 2.05) is 18.2 Å². The normalized spacial score (nSPS) is 13.7. The molecule has 0 saturated carbocycles. The van der Waals surface area contributed by atoms with E-state index in [-0.39, 0.29) is 36.4 Å². The minimum absolute atomic E-state index is 0.0240. The highest BCUT2D eigenvalue weighted by atomic mass is 32.2. The van der Waals surface area contributed by atoms with Crippen LogP contribution < -0.4 is 9.64 Å². The maximum Gasteiger partial charge on any atom is 0.264 e. The van der Waals surface area contributed by atoms with E-state index in [2.05, 4.69) is 9.88 Å². The molecule has 212 valence electrons. The molecule has 3 aromatic carbocycles. The number of halogens is 2. The number of rotatable bonds is 9. The van der Waals surface area contributed by atoms with Crippen LogP contribution in [0.15, 0.2) is 54.7 Å². The molecule has 0 aliphatic carbocycles. The van der Waals surface area contributed by atoms with Crippen molar-refractivity contribution >= 4 is 26.7 Å². The lowest BCUT2D eigenvalue weighted by Gasteiger charge is -2.42. The molecule has 4 aromatic rings. The van der Waals surface area contributed by atoms with Crippen LogP contribution >= 0.6 is 0 Å². The predicted molar refractivity (Wildman–Crippen MR) is 151 cm³/mol. The van der Waals surface area contributed by atoms with Crippen molar-refractivity contribution in [2.45, 2.75) is 6.92 Å². The zero-order valence-electron chi connectivity index (χ0n) is 22.6. The summed E-state index contributed by atoms with van der Waals surface area (Å²) >= 11 is 0. The van der Waals surface area contributed by atoms with Gasteiger partial charge in [-0.05, 0) is 60.0 Å². The van der Waals surface area contributed by atoms with Gasteiger partial charge in [-0.15, -0.1) is 0 Å². The Balaban J connectivity index is 1.67. The number of anilines is 1. The molecule has 1 aromatic heterocycles. The second kappa shape index (κ2) is 11.4. The minimum Gasteiger partial charge on any atom is -0.466 e. The molecule has 8 nitrogen and oxygen atoms in total. The number of hydrogen-bond acceptors (Lipinski definition) is 8. The van der Waals surface area contributed by atoms with Gasteiger partial charge in [-0.25, -0.2) is 8.78 Å². The third kappa shape index (κ3) is 6.15. The Morgan fingerprint density at radius 3 is 2.49 bits per heavy atom. The number of ether oxygens (including phenoxy) is 2. The summed E-state index contributed by atoms with van der Waals surface area (Å²) in [5.74, 6) is -0.830. The molecule has 1 saturated heterocycles. The molecule has 0 bridgehead atoms. The number of aromatic nitrogens is 1. The summed E-state index contributed by atoms with van der Waals surface area (Å²) in [7, 11) is -2.13. The summed E-state index contributed by atoms with van der Waals surface area (Å²) in [6.07, 6.45) is 2.70. The topological polar surface area (TPSA) is 102 Å². The number of pyridine rings is 1. The molecule has 41 heavy (non-hydrogen) atoms. The van der Waals surface area contributed by atoms with E-state index in [9.17, 15) is 22.5 Å². The monoisotopic (exact) mass is 579 g/mol. The molecule has 0 amide bonds. The molecule has 0 unspecified atom stereocenters. The van der Waals surface area contributed by atoms with Gasteiger partial charge in [0.15, 0.2) is 6.79 Å². The number of hydrogen-bond donors (Lipinski definition) is 0. The first kappa shape index (κ1) is 28.4. The molecule has 0 spiro atoms. The lowest BCUT2D eigenvalue weighted by molar-refractivity contribution is 0.0513. The Morgan fingerprint density at radius 2 is 1.80 bits per heavy atom. The molecule has 1 fully saturated rings. The summed E-state index contributed by atoms with van der Waals surface area (Å²) in [4.78, 5) is 6.70. The van der Waals surface area contributed by atoms with Gasteiger partial charge in [0.2, 0.25) is 0 Å². The molecule has 0 atom stereocenters. The van der Waals surface area contributed by atoms with Crippen LogP contribution in [0.1, 0.15) is 11.1 Å². The van der Waals surface area contributed by atoms with Crippen molar-refractivity contribution in [3.05, 3.63) is 77.5 Å². The first-order valence-electron chi connectivity index (χ1n) is 12.7. The van der Waals surface area contributed by atoms with Gasteiger partial charge in [-0.2, -0.15) is 13.7 Å². The second-order valence-electron chi connectivity index (χ2n) is 10.0. The van der Waals surface area contributed by atoms with Crippen molar-refractivity contribution in [2.24, 2.45) is 5.92 Å². The lowest BCUT2D eigenvalue weighted by atomic mass is 9.93. The Hall–Kier alpha value is -4.11. The van der Waals surface area contributed by atoms with E-state index >= 15 is 0 Å². The molecular formula is C30H27F2N3O5S. The third-order valence-electron chi connectivity index (χ3n) is 6.79. The molecule has 1 aliphatic heterocycles. The number of benzene rings is 3. The van der Waals surface area contributed by atoms with Crippen molar-refractivity contribution in [1.82, 2.24) is 4.98 Å². The van der Waals surface area contributed by atoms with Gasteiger partial charge in [0.25, 0.3) is 10.1 Å². The number of nitrogens with zero attached hydrogens (tertiary/aromatic N) is 3. The third-order valence-corrected chi connectivity index (χ3v) is 7.35. The minimum atomic E-state index is -3.57. The van der Waals surface area contributed by atoms with Gasteiger partial charge in [0.05, 0.1) is 29.6 Å². The molecule has 0 radical (unpaired) electrons. The van der Waals surface area contributed by atoms with Crippen molar-refractivity contribution < 1.29 is 30.9 Å². The van der Waals surface area contributed by atoms with Crippen LogP contribution in [0.25, 0.3) is 33.2 Å². The fourth-order valence-electron chi connectivity index (χ4n) is 5.03. The maximum absolute atomic E-state index is 14.6. The van der Waals surface area contributed by atoms with E-state index in [0.717, 1.165) is 23.6 Å². The standard InChI is InChI=1S/C30H27F2N3O5S/c1-18-6-21(8-23(31)7-18)27-13-34-28-5-4-20(25-11-24(32)9-22(12-33)30(25)39-17-38-2)10-26(28)29(27)35-14-19(15-35)16-40-41(3,36)37/h4-11,13,19H,14-17H2,1-3H3. The van der Waals surface area contributed by atoms with Gasteiger partial charge >= 0.3 is 0 Å². The van der Waals surface area contributed by atoms with Gasteiger partial charge in [0.1, 0.15) is 23.5 Å². The summed E-state index contributed by atoms with van der Waals surface area (Å²) in [6, 6.07) is 14.5. The highest BCUT2D eigenvalue weighted by molar-refractivity contribution is 7.85. The Bertz CT molecular complexity index is 1760. The molecule has 5 rings (SSSR count). The molecule has 11 heteroatoms. The second-order valence-corrected chi connectivity index (χ2v) is 11.7. The van der Waals surface area contributed by atoms with Crippen LogP contribution in [0.5, 0.6) is 5.75 Å². The van der Waals surface area contributed by atoms with Gasteiger partial charge in [0, 0.05) is 48.8 Å². The highest BCUT2D eigenvalue weighted by Gasteiger charge is 2.31. The van der Waals surface area contributed by atoms with Crippen LogP contribution in [-0.2, 0) is 19.0 Å². The molecular weight excluding hydrogens is 552 g/mol. The Morgan fingerprint density at radius 1 is 1.05 bits per heavy atom. The molecule has 0 N–H and O–H groups in total. The number of aryl methyl sites for hydroxylation is 1. The summed E-state index contributed by atoms with van der Waals surface area (Å²) in [5.41, 5.74) is 4.44. The number of fused-ring (bicyclic) bond motifs is 1. The highest BCUT2D eigenvalue weighted by Crippen LogP contribution is 2.43. The van der Waals surface area contributed by atoms with Gasteiger partial charge < -0.3 is 14.4 Å². The van der Waals surface area contributed by atoms with E-state index in [1.54, 1.807) is 25.3 Å². The van der Waals surface area contributed by atoms with Crippen LogP contribution in [0.2, 0.25) is 0 Å². The van der Waals surface area contributed by atoms with Gasteiger partial charge in [-0.1, -0.05) is 12.1 Å². The first-order chi connectivity index (χ1) is 19.6. The fraction of sp³-hybridized carbons (Fsp3) is 0.267. The van der Waals surface area contributed by atoms with Crippen LogP contribution in [0, 0.1) is 35.8 Å². The largest absolute Gasteiger partial charge is 0.466 e. The fourth-order valence-corrected chi connectivity index (χ4v) is 5.47. The van der Waals surface area contributed by atoms with Crippen molar-refractivity contribution in [2.75, 3.05) is 44.8 Å². The SMILES string of the molecule is COCOc1c(C#N)cc(F)cc1-c1ccc2ncc(-c3cc(C)cc(F)c3)c(N3CC(COS(C)(=O)=O)C3)c2c1. The summed E-state index contributed by atoms with van der Waals surface area (Å²) < 4.78 is 67.8. The van der Waals surface area contributed by atoms with E-state index in [0.29, 0.717) is 46.2 Å². The van der Waals surface area contributed by atoms with E-state index in [1.165, 1.54) is 25.3 Å². The molecule has 2 heterocycles. The van der Waals surface area contributed by atoms with Crippen molar-refractivity contribution in [3.8, 4) is 34.1 Å². The first-order valence-corrected chi connectivity index (χ1v) is 14.5. The zero-order valence-corrected chi connectivity index (χ0v) is 23.5. The van der Waals surface area contributed by atoms with Crippen molar-refractivity contribution in [3.63, 3.8) is 0 Å². The number of methoxy groups -OCH3 is 1. The average molecular weight is 580 g/mol. The van der Waals surface area contributed by atoms with Crippen LogP contribution in [-0.4, -0.2) is 53.3 Å². The van der Waals surface area contributed by atoms with E-state index in [4.69, 9.17) is 13.7 Å². The Kier molecular flexibility index (Phi) is 7.91. The van der Waals surface area contributed by atoms with Gasteiger partial charge in [-0.3, -0.25) is 9.17 Å². The number of nitriles is 1. The lowest BCUT2D eigenvalue weighted by Crippen LogP contribution is -2.49. The average Bonchev–Trinajstić information content (AvgIpc) is 2.89. The van der Waals surface area contributed by atoms with Crippen molar-refractivity contribution in [1.29, 1.82) is 5.26 Å². The summed E-state index contributed by atoms with van der Waals surface area (Å²) in [5, 5.41) is 10.3. The van der Waals surface area contributed by atoms with E-state index < -0.39 is 15.9 Å².